The average Bonchev–Trinajstić information content (AvgIpc) is 2.80. The number of rotatable bonds is 10. The lowest BCUT2D eigenvalue weighted by Gasteiger charge is -2.19. The van der Waals surface area contributed by atoms with E-state index in [9.17, 15) is 35.5 Å². The molecule has 4 nitrogen and oxygen atoms in total. The molecule has 0 heterocycles. The number of primary amides is 1. The maximum atomic E-state index is 13.4. The number of carbonyl (C=O) groups excluding carboxylic acids is 1. The fourth-order valence-electron chi connectivity index (χ4n) is 3.06. The van der Waals surface area contributed by atoms with E-state index in [0.29, 0.717) is 18.6 Å². The molecule has 0 aliphatic heterocycles. The van der Waals surface area contributed by atoms with E-state index in [1.807, 2.05) is 6.92 Å². The summed E-state index contributed by atoms with van der Waals surface area (Å²) in [5.74, 6) is -2.14. The zero-order valence-electron chi connectivity index (χ0n) is 21.6. The van der Waals surface area contributed by atoms with Gasteiger partial charge in [-0.15, -0.1) is 0 Å². The van der Waals surface area contributed by atoms with Crippen LogP contribution in [0.4, 0.5) is 30.7 Å². The van der Waals surface area contributed by atoms with Crippen molar-refractivity contribution in [1.82, 2.24) is 5.01 Å². The number of benzene rings is 1. The van der Waals surface area contributed by atoms with Gasteiger partial charge in [-0.25, -0.2) is 9.40 Å². The van der Waals surface area contributed by atoms with Crippen LogP contribution in [-0.2, 0) is 17.1 Å². The summed E-state index contributed by atoms with van der Waals surface area (Å²) in [4.78, 5) is 12.3. The molecule has 0 radical (unpaired) electrons. The highest BCUT2D eigenvalue weighted by atomic mass is 19.4. The third-order valence-electron chi connectivity index (χ3n) is 5.13. The summed E-state index contributed by atoms with van der Waals surface area (Å²) < 4.78 is 93.8. The van der Waals surface area contributed by atoms with E-state index < -0.39 is 46.7 Å². The Balaban J connectivity index is 3.90. The lowest BCUT2D eigenvalue weighted by atomic mass is 9.95. The number of amides is 1. The van der Waals surface area contributed by atoms with Crippen LogP contribution in [0.15, 0.2) is 83.1 Å². The largest absolute Gasteiger partial charge is 0.416 e. The van der Waals surface area contributed by atoms with E-state index in [1.54, 1.807) is 13.0 Å². The van der Waals surface area contributed by atoms with Crippen LogP contribution in [0.25, 0.3) is 0 Å². The van der Waals surface area contributed by atoms with Crippen molar-refractivity contribution in [1.29, 1.82) is 0 Å². The Morgan fingerprint density at radius 3 is 1.95 bits per heavy atom. The van der Waals surface area contributed by atoms with Crippen LogP contribution >= 0.6 is 0 Å². The molecule has 38 heavy (non-hydrogen) atoms. The van der Waals surface area contributed by atoms with Gasteiger partial charge in [0.15, 0.2) is 0 Å². The number of nitrogens with two attached hydrogens (primary N) is 1. The van der Waals surface area contributed by atoms with Crippen LogP contribution in [-0.4, -0.2) is 16.6 Å². The summed E-state index contributed by atoms with van der Waals surface area (Å²) >= 11 is 0. The molecular formula is C27H30F7N3O. The Morgan fingerprint density at radius 2 is 1.58 bits per heavy atom. The zero-order chi connectivity index (χ0) is 29.4. The first-order chi connectivity index (χ1) is 17.4. The SMILES string of the molecule is C=CN(/C=C(/C(N)=O)C(=C/C=C(\C)F)/C=C(\C)CC)/N=C(/c1cc(C(F)(F)F)cc(C(F)(F)F)c1)C(C)C. The first-order valence-electron chi connectivity index (χ1n) is 11.4. The number of hydrogen-bond acceptors (Lipinski definition) is 3. The molecule has 0 aliphatic carbocycles. The van der Waals surface area contributed by atoms with Crippen LogP contribution in [0, 0.1) is 5.92 Å². The van der Waals surface area contributed by atoms with Gasteiger partial charge in [0.25, 0.3) is 5.91 Å². The number of nitrogens with zero attached hydrogens (tertiary/aromatic N) is 2. The summed E-state index contributed by atoms with van der Waals surface area (Å²) in [5.41, 5.74) is 2.87. The van der Waals surface area contributed by atoms with Crippen molar-refractivity contribution >= 4 is 11.6 Å². The molecule has 1 amide bonds. The van der Waals surface area contributed by atoms with Crippen LogP contribution in [0.3, 0.4) is 0 Å². The van der Waals surface area contributed by atoms with Crippen molar-refractivity contribution in [2.24, 2.45) is 16.8 Å². The van der Waals surface area contributed by atoms with Gasteiger partial charge in [0.1, 0.15) is 0 Å². The fourth-order valence-corrected chi connectivity index (χ4v) is 3.06. The molecule has 1 aromatic rings. The number of hydrogen-bond donors (Lipinski definition) is 1. The monoisotopic (exact) mass is 545 g/mol. The Hall–Kier alpha value is -3.63. The molecular weight excluding hydrogens is 515 g/mol. The van der Waals surface area contributed by atoms with Gasteiger partial charge in [0.2, 0.25) is 0 Å². The topological polar surface area (TPSA) is 58.7 Å². The minimum absolute atomic E-state index is 0.0255. The second-order valence-electron chi connectivity index (χ2n) is 8.62. The molecule has 0 unspecified atom stereocenters. The highest BCUT2D eigenvalue weighted by Gasteiger charge is 2.37. The van der Waals surface area contributed by atoms with Crippen molar-refractivity contribution in [3.63, 3.8) is 0 Å². The van der Waals surface area contributed by atoms with Gasteiger partial charge in [-0.05, 0) is 61.6 Å². The number of halogens is 7. The maximum absolute atomic E-state index is 13.4. The molecule has 1 aromatic carbocycles. The fraction of sp³-hybridized carbons (Fsp3) is 0.333. The summed E-state index contributed by atoms with van der Waals surface area (Å²) in [6, 6.07) is 1.17. The molecule has 11 heteroatoms. The molecule has 0 aromatic heterocycles. The second kappa shape index (κ2) is 13.3. The van der Waals surface area contributed by atoms with Crippen molar-refractivity contribution in [2.45, 2.75) is 53.4 Å². The van der Waals surface area contributed by atoms with Gasteiger partial charge >= 0.3 is 12.4 Å². The third-order valence-corrected chi connectivity index (χ3v) is 5.13. The summed E-state index contributed by atoms with van der Waals surface area (Å²) in [7, 11) is 0. The zero-order valence-corrected chi connectivity index (χ0v) is 21.6. The van der Waals surface area contributed by atoms with Gasteiger partial charge in [0, 0.05) is 12.4 Å². The van der Waals surface area contributed by atoms with Gasteiger partial charge < -0.3 is 5.73 Å². The summed E-state index contributed by atoms with van der Waals surface area (Å²) in [6.45, 7) is 11.4. The van der Waals surface area contributed by atoms with Crippen molar-refractivity contribution < 1.29 is 35.5 Å². The van der Waals surface area contributed by atoms with Crippen LogP contribution in [0.5, 0.6) is 0 Å². The van der Waals surface area contributed by atoms with E-state index in [1.165, 1.54) is 26.8 Å². The normalized spacial score (nSPS) is 14.7. The number of carbonyl (C=O) groups is 1. The predicted octanol–water partition coefficient (Wildman–Crippen LogP) is 8.06. The lowest BCUT2D eigenvalue weighted by Crippen LogP contribution is -2.20. The van der Waals surface area contributed by atoms with Crippen molar-refractivity contribution in [3.05, 3.63) is 94.6 Å². The first-order valence-corrected chi connectivity index (χ1v) is 11.4. The summed E-state index contributed by atoms with van der Waals surface area (Å²) in [6.07, 6.45) is -3.28. The van der Waals surface area contributed by atoms with Gasteiger partial charge in [-0.3, -0.25) is 4.79 Å². The van der Waals surface area contributed by atoms with E-state index in [2.05, 4.69) is 11.7 Å². The molecule has 0 bridgehead atoms. The number of allylic oxidation sites excluding steroid dienone is 5. The van der Waals surface area contributed by atoms with Crippen LogP contribution in [0.2, 0.25) is 0 Å². The maximum Gasteiger partial charge on any atom is 0.416 e. The Kier molecular flexibility index (Phi) is 11.3. The number of hydrazone groups is 1. The van der Waals surface area contributed by atoms with Gasteiger partial charge in [-0.1, -0.05) is 45.1 Å². The van der Waals surface area contributed by atoms with Crippen molar-refractivity contribution in [2.75, 3.05) is 0 Å². The van der Waals surface area contributed by atoms with E-state index in [-0.39, 0.29) is 22.9 Å². The molecule has 0 fully saturated rings. The standard InChI is InChI=1S/C27H30F7N3O/c1-7-17(5)11-19(10-9-18(6)28)23(25(35)38)15-37(8-2)36-24(16(3)4)20-12-21(26(29,30)31)14-22(13-20)27(32,33)34/h8-16H,2,7H2,1,3-6H3,(H2,35,38)/b17-11+,18-9+,19-10+,23-15+,36-24+. The van der Waals surface area contributed by atoms with E-state index >= 15 is 0 Å². The van der Waals surface area contributed by atoms with Crippen molar-refractivity contribution in [3.8, 4) is 0 Å². The Labute approximate surface area is 217 Å². The third kappa shape index (κ3) is 9.68. The van der Waals surface area contributed by atoms with Crippen LogP contribution in [0.1, 0.15) is 57.7 Å². The average molecular weight is 546 g/mol. The predicted molar refractivity (Wildman–Crippen MR) is 134 cm³/mol. The minimum Gasteiger partial charge on any atom is -0.366 e. The molecule has 0 aliphatic rings. The first kappa shape index (κ1) is 32.4. The highest BCUT2D eigenvalue weighted by molar-refractivity contribution is 6.02. The summed E-state index contributed by atoms with van der Waals surface area (Å²) in [5, 5.41) is 5.14. The quantitative estimate of drug-likeness (QED) is 0.106. The highest BCUT2D eigenvalue weighted by Crippen LogP contribution is 2.37. The molecule has 1 rings (SSSR count). The van der Waals surface area contributed by atoms with Gasteiger partial charge in [-0.2, -0.15) is 31.4 Å². The molecule has 208 valence electrons. The molecule has 0 saturated heterocycles. The number of alkyl halides is 6. The van der Waals surface area contributed by atoms with E-state index in [0.717, 1.165) is 29.1 Å². The molecule has 2 N–H and O–H groups in total. The molecule has 0 saturated carbocycles. The lowest BCUT2D eigenvalue weighted by molar-refractivity contribution is -0.143. The minimum atomic E-state index is -5.04. The van der Waals surface area contributed by atoms with Crippen LogP contribution < -0.4 is 5.73 Å². The smallest absolute Gasteiger partial charge is 0.366 e. The van der Waals surface area contributed by atoms with Gasteiger partial charge in [0.05, 0.1) is 28.2 Å². The Bertz CT molecular complexity index is 1150. The molecule has 0 atom stereocenters. The Morgan fingerprint density at radius 1 is 1.05 bits per heavy atom. The second-order valence-corrected chi connectivity index (χ2v) is 8.62. The van der Waals surface area contributed by atoms with E-state index in [4.69, 9.17) is 5.73 Å². The molecule has 0 spiro atoms.